The molecule has 9 nitrogen and oxygen atoms in total. The van der Waals surface area contributed by atoms with E-state index >= 15 is 0 Å². The van der Waals surface area contributed by atoms with Gasteiger partial charge in [-0.15, -0.1) is 0 Å². The molecule has 0 heterocycles. The number of ether oxygens (including phenoxy) is 2. The molecule has 0 aliphatic carbocycles. The normalized spacial score (nSPS) is 13.7. The maximum Gasteiger partial charge on any atom is 0.472 e. The van der Waals surface area contributed by atoms with Gasteiger partial charge in [-0.2, -0.15) is 0 Å². The lowest BCUT2D eigenvalue weighted by Gasteiger charge is -2.19. The summed E-state index contributed by atoms with van der Waals surface area (Å²) in [7, 11) is -4.33. The molecule has 254 valence electrons. The van der Waals surface area contributed by atoms with Gasteiger partial charge >= 0.3 is 19.8 Å². The standard InChI is InChI=1S/C33H64NO8P/c1-3-4-5-6-7-8-9-10-11-12-13-14-15-16-17-18-19-20-21-22-23-24-25-26-33(36)42-32(29-39-31(2)35)30-41-43(37,38)40-28-27-34/h12-13,32H,3-11,14-30,34H2,1-2H3,(H,37,38)/b13-12-. The van der Waals surface area contributed by atoms with Crippen molar-refractivity contribution in [2.75, 3.05) is 26.4 Å². The second-order valence-electron chi connectivity index (χ2n) is 11.5. The van der Waals surface area contributed by atoms with Gasteiger partial charge in [-0.05, 0) is 32.1 Å². The minimum atomic E-state index is -4.33. The van der Waals surface area contributed by atoms with Crippen LogP contribution in [-0.2, 0) is 32.7 Å². The van der Waals surface area contributed by atoms with E-state index in [-0.39, 0.29) is 26.2 Å². The summed E-state index contributed by atoms with van der Waals surface area (Å²) in [6.07, 6.45) is 30.5. The maximum atomic E-state index is 12.2. The molecule has 0 saturated heterocycles. The van der Waals surface area contributed by atoms with Crippen molar-refractivity contribution in [3.8, 4) is 0 Å². The van der Waals surface area contributed by atoms with Crippen LogP contribution in [0.5, 0.6) is 0 Å². The second-order valence-corrected chi connectivity index (χ2v) is 12.9. The maximum absolute atomic E-state index is 12.2. The fourth-order valence-electron chi connectivity index (χ4n) is 4.71. The molecule has 0 fully saturated rings. The molecule has 0 bridgehead atoms. The number of allylic oxidation sites excluding steroid dienone is 2. The van der Waals surface area contributed by atoms with E-state index in [9.17, 15) is 19.0 Å². The van der Waals surface area contributed by atoms with E-state index in [1.54, 1.807) is 0 Å². The van der Waals surface area contributed by atoms with Gasteiger partial charge in [0.2, 0.25) is 0 Å². The molecule has 2 unspecified atom stereocenters. The molecule has 0 aromatic heterocycles. The molecule has 0 radical (unpaired) electrons. The molecule has 0 amide bonds. The Morgan fingerprint density at radius 2 is 1.19 bits per heavy atom. The summed E-state index contributed by atoms with van der Waals surface area (Å²) in [6.45, 7) is 2.69. The van der Waals surface area contributed by atoms with Crippen molar-refractivity contribution < 1.29 is 37.6 Å². The lowest BCUT2D eigenvalue weighted by atomic mass is 10.0. The van der Waals surface area contributed by atoms with Gasteiger partial charge in [-0.3, -0.25) is 18.6 Å². The van der Waals surface area contributed by atoms with Gasteiger partial charge in [-0.25, -0.2) is 4.57 Å². The van der Waals surface area contributed by atoms with Crippen molar-refractivity contribution >= 4 is 19.8 Å². The van der Waals surface area contributed by atoms with Gasteiger partial charge in [0.05, 0.1) is 13.2 Å². The molecule has 43 heavy (non-hydrogen) atoms. The molecule has 0 aliphatic heterocycles. The summed E-state index contributed by atoms with van der Waals surface area (Å²) < 4.78 is 31.5. The number of carbonyl (C=O) groups is 2. The zero-order valence-electron chi connectivity index (χ0n) is 27.4. The van der Waals surface area contributed by atoms with Crippen molar-refractivity contribution in [1.82, 2.24) is 0 Å². The first-order chi connectivity index (χ1) is 20.8. The number of rotatable bonds is 32. The number of esters is 2. The highest BCUT2D eigenvalue weighted by Gasteiger charge is 2.25. The number of unbranched alkanes of at least 4 members (excludes halogenated alkanes) is 19. The van der Waals surface area contributed by atoms with E-state index < -0.39 is 32.5 Å². The molecule has 0 aromatic carbocycles. The molecule has 0 rings (SSSR count). The zero-order chi connectivity index (χ0) is 31.9. The average molecular weight is 634 g/mol. The quantitative estimate of drug-likeness (QED) is 0.0323. The molecule has 3 N–H and O–H groups in total. The Bertz CT molecular complexity index is 734. The van der Waals surface area contributed by atoms with E-state index in [2.05, 4.69) is 23.6 Å². The molecule has 0 aromatic rings. The number of hydrogen-bond acceptors (Lipinski definition) is 8. The first-order valence-electron chi connectivity index (χ1n) is 17.1. The van der Waals surface area contributed by atoms with Gasteiger partial charge in [0.1, 0.15) is 6.61 Å². The topological polar surface area (TPSA) is 134 Å². The van der Waals surface area contributed by atoms with Crippen molar-refractivity contribution in [3.63, 3.8) is 0 Å². The Kier molecular flexibility index (Phi) is 29.9. The van der Waals surface area contributed by atoms with Crippen LogP contribution in [0.2, 0.25) is 0 Å². The van der Waals surface area contributed by atoms with Gasteiger partial charge in [-0.1, -0.05) is 122 Å². The third-order valence-corrected chi connectivity index (χ3v) is 8.19. The third kappa shape index (κ3) is 32.0. The fourth-order valence-corrected chi connectivity index (χ4v) is 5.47. The number of phosphoric acid groups is 1. The van der Waals surface area contributed by atoms with E-state index in [1.165, 1.54) is 116 Å². The highest BCUT2D eigenvalue weighted by atomic mass is 31.2. The predicted octanol–water partition coefficient (Wildman–Crippen LogP) is 8.71. The first-order valence-corrected chi connectivity index (χ1v) is 18.6. The largest absolute Gasteiger partial charge is 0.472 e. The molecule has 0 saturated carbocycles. The third-order valence-electron chi connectivity index (χ3n) is 7.21. The van der Waals surface area contributed by atoms with Gasteiger partial charge in [0.25, 0.3) is 0 Å². The van der Waals surface area contributed by atoms with Crippen LogP contribution in [0.1, 0.15) is 155 Å². The smallest absolute Gasteiger partial charge is 0.462 e. The highest BCUT2D eigenvalue weighted by Crippen LogP contribution is 2.43. The first kappa shape index (κ1) is 41.8. The van der Waals surface area contributed by atoms with E-state index in [4.69, 9.17) is 19.7 Å². The van der Waals surface area contributed by atoms with Crippen LogP contribution in [0.25, 0.3) is 0 Å². The van der Waals surface area contributed by atoms with E-state index in [0.717, 1.165) is 19.3 Å². The monoisotopic (exact) mass is 633 g/mol. The lowest BCUT2D eigenvalue weighted by Crippen LogP contribution is -2.29. The molecular weight excluding hydrogens is 569 g/mol. The zero-order valence-corrected chi connectivity index (χ0v) is 28.3. The minimum Gasteiger partial charge on any atom is -0.462 e. The highest BCUT2D eigenvalue weighted by molar-refractivity contribution is 7.47. The predicted molar refractivity (Wildman–Crippen MR) is 174 cm³/mol. The molecule has 0 spiro atoms. The number of carbonyl (C=O) groups excluding carboxylic acids is 2. The van der Waals surface area contributed by atoms with Crippen molar-refractivity contribution in [2.45, 2.75) is 161 Å². The van der Waals surface area contributed by atoms with Crippen LogP contribution < -0.4 is 5.73 Å². The molecule has 10 heteroatoms. The van der Waals surface area contributed by atoms with E-state index in [0.29, 0.717) is 6.42 Å². The summed E-state index contributed by atoms with van der Waals surface area (Å²) in [4.78, 5) is 32.9. The van der Waals surface area contributed by atoms with Crippen molar-refractivity contribution in [3.05, 3.63) is 12.2 Å². The second kappa shape index (κ2) is 30.8. The molecule has 0 aliphatic rings. The summed E-state index contributed by atoms with van der Waals surface area (Å²) >= 11 is 0. The van der Waals surface area contributed by atoms with Crippen LogP contribution >= 0.6 is 7.82 Å². The van der Waals surface area contributed by atoms with Crippen LogP contribution in [0.3, 0.4) is 0 Å². The molecule has 2 atom stereocenters. The van der Waals surface area contributed by atoms with Gasteiger partial charge in [0, 0.05) is 19.9 Å². The Morgan fingerprint density at radius 3 is 1.65 bits per heavy atom. The Balaban J connectivity index is 3.65. The van der Waals surface area contributed by atoms with Crippen LogP contribution in [0.15, 0.2) is 12.2 Å². The lowest BCUT2D eigenvalue weighted by molar-refractivity contribution is -0.160. The summed E-state index contributed by atoms with van der Waals surface area (Å²) in [5.74, 6) is -1.02. The average Bonchev–Trinajstić information content (AvgIpc) is 2.97. The van der Waals surface area contributed by atoms with Crippen LogP contribution in [0, 0.1) is 0 Å². The van der Waals surface area contributed by atoms with Crippen LogP contribution in [0.4, 0.5) is 0 Å². The minimum absolute atomic E-state index is 0.0531. The summed E-state index contributed by atoms with van der Waals surface area (Å²) in [6, 6.07) is 0. The van der Waals surface area contributed by atoms with Crippen molar-refractivity contribution in [2.24, 2.45) is 5.73 Å². The number of phosphoric ester groups is 1. The Morgan fingerprint density at radius 1 is 0.721 bits per heavy atom. The fraction of sp³-hybridized carbons (Fsp3) is 0.879. The summed E-state index contributed by atoms with van der Waals surface area (Å²) in [5.41, 5.74) is 5.25. The Labute approximate surface area is 262 Å². The Hall–Kier alpha value is -1.25. The van der Waals surface area contributed by atoms with Gasteiger partial charge in [0.15, 0.2) is 6.10 Å². The summed E-state index contributed by atoms with van der Waals surface area (Å²) in [5, 5.41) is 0. The number of nitrogens with two attached hydrogens (primary N) is 1. The SMILES string of the molecule is CCCCCCCCCC/C=C\CCCCCCCCCCCCCC(=O)OC(COC(C)=O)COP(=O)(O)OCCN. The van der Waals surface area contributed by atoms with Gasteiger partial charge < -0.3 is 20.1 Å². The van der Waals surface area contributed by atoms with E-state index in [1.807, 2.05) is 0 Å². The molecular formula is C33H64NO8P. The van der Waals surface area contributed by atoms with Crippen molar-refractivity contribution in [1.29, 1.82) is 0 Å². The van der Waals surface area contributed by atoms with Crippen LogP contribution in [-0.4, -0.2) is 49.3 Å². The number of hydrogen-bond donors (Lipinski definition) is 2.